The predicted octanol–water partition coefficient (Wildman–Crippen LogP) is 2.93. The lowest BCUT2D eigenvalue weighted by Gasteiger charge is -2.31. The molecule has 1 heterocycles. The molecule has 3 heteroatoms. The molecule has 0 unspecified atom stereocenters. The van der Waals surface area contributed by atoms with Gasteiger partial charge in [-0.15, -0.1) is 0 Å². The fraction of sp³-hybridized carbons (Fsp3) is 0.571. The number of rotatable bonds is 3. The van der Waals surface area contributed by atoms with Crippen LogP contribution in [0.15, 0.2) is 22.7 Å². The van der Waals surface area contributed by atoms with Crippen LogP contribution in [0.25, 0.3) is 0 Å². The third kappa shape index (κ3) is 3.80. The van der Waals surface area contributed by atoms with Crippen molar-refractivity contribution in [1.82, 2.24) is 4.90 Å². The smallest absolute Gasteiger partial charge is 0.0234 e. The average Bonchev–Trinajstić information content (AvgIpc) is 2.28. The first-order chi connectivity index (χ1) is 8.17. The molecule has 1 aliphatic heterocycles. The fourth-order valence-corrected chi connectivity index (χ4v) is 3.20. The number of benzene rings is 1. The average molecular weight is 297 g/mol. The monoisotopic (exact) mass is 296 g/mol. The van der Waals surface area contributed by atoms with Gasteiger partial charge in [-0.05, 0) is 68.6 Å². The largest absolute Gasteiger partial charge is 0.330 e. The molecule has 1 aromatic carbocycles. The van der Waals surface area contributed by atoms with Gasteiger partial charge in [0.05, 0.1) is 0 Å². The third-order valence-electron chi connectivity index (χ3n) is 3.55. The summed E-state index contributed by atoms with van der Waals surface area (Å²) >= 11 is 3.56. The third-order valence-corrected chi connectivity index (χ3v) is 4.01. The Kier molecular flexibility index (Phi) is 4.60. The Bertz CT molecular complexity index is 350. The fourth-order valence-electron chi connectivity index (χ4n) is 2.54. The van der Waals surface area contributed by atoms with Crippen molar-refractivity contribution in [3.63, 3.8) is 0 Å². The molecule has 1 fully saturated rings. The van der Waals surface area contributed by atoms with Crippen molar-refractivity contribution in [2.75, 3.05) is 19.6 Å². The zero-order valence-corrected chi connectivity index (χ0v) is 12.0. The van der Waals surface area contributed by atoms with Gasteiger partial charge in [0.1, 0.15) is 0 Å². The van der Waals surface area contributed by atoms with E-state index in [-0.39, 0.29) is 0 Å². The molecular weight excluding hydrogens is 276 g/mol. The minimum atomic E-state index is 0.746. The first-order valence-corrected chi connectivity index (χ1v) is 7.15. The number of likely N-dealkylation sites (tertiary alicyclic amines) is 1. The van der Waals surface area contributed by atoms with E-state index in [4.69, 9.17) is 5.73 Å². The van der Waals surface area contributed by atoms with Gasteiger partial charge in [0.2, 0.25) is 0 Å². The van der Waals surface area contributed by atoms with Gasteiger partial charge in [-0.3, -0.25) is 4.90 Å². The molecule has 2 N–H and O–H groups in total. The first kappa shape index (κ1) is 13.1. The summed E-state index contributed by atoms with van der Waals surface area (Å²) in [7, 11) is 0. The molecule has 0 bridgehead atoms. The van der Waals surface area contributed by atoms with Crippen LogP contribution in [0.1, 0.15) is 24.0 Å². The highest BCUT2D eigenvalue weighted by atomic mass is 79.9. The Morgan fingerprint density at radius 2 is 2.00 bits per heavy atom. The lowest BCUT2D eigenvalue weighted by atomic mass is 9.97. The SMILES string of the molecule is Cc1cc(Br)cc(CN2CCC(CN)CC2)c1. The molecule has 1 aliphatic rings. The van der Waals surface area contributed by atoms with E-state index >= 15 is 0 Å². The standard InChI is InChI=1S/C14H21BrN2/c1-11-6-13(8-14(15)7-11)10-17-4-2-12(9-16)3-5-17/h6-8,12H,2-5,9-10,16H2,1H3. The van der Waals surface area contributed by atoms with E-state index in [2.05, 4.69) is 46.0 Å². The van der Waals surface area contributed by atoms with Crippen LogP contribution in [0.4, 0.5) is 0 Å². The number of nitrogens with zero attached hydrogens (tertiary/aromatic N) is 1. The van der Waals surface area contributed by atoms with Crippen molar-refractivity contribution in [1.29, 1.82) is 0 Å². The summed E-state index contributed by atoms with van der Waals surface area (Å²) in [4.78, 5) is 2.54. The van der Waals surface area contributed by atoms with Crippen LogP contribution < -0.4 is 5.73 Å². The lowest BCUT2D eigenvalue weighted by Crippen LogP contribution is -2.35. The van der Waals surface area contributed by atoms with Crippen LogP contribution >= 0.6 is 15.9 Å². The van der Waals surface area contributed by atoms with E-state index in [1.807, 2.05) is 0 Å². The minimum absolute atomic E-state index is 0.746. The van der Waals surface area contributed by atoms with Gasteiger partial charge in [-0.2, -0.15) is 0 Å². The van der Waals surface area contributed by atoms with Crippen molar-refractivity contribution >= 4 is 15.9 Å². The number of hydrogen-bond acceptors (Lipinski definition) is 2. The Hall–Kier alpha value is -0.380. The minimum Gasteiger partial charge on any atom is -0.330 e. The van der Waals surface area contributed by atoms with Gasteiger partial charge in [0.15, 0.2) is 0 Å². The highest BCUT2D eigenvalue weighted by Crippen LogP contribution is 2.20. The molecule has 0 aliphatic carbocycles. The van der Waals surface area contributed by atoms with E-state index in [0.29, 0.717) is 0 Å². The molecular formula is C14H21BrN2. The first-order valence-electron chi connectivity index (χ1n) is 6.36. The summed E-state index contributed by atoms with van der Waals surface area (Å²) in [6, 6.07) is 6.66. The summed E-state index contributed by atoms with van der Waals surface area (Å²) in [5.41, 5.74) is 8.45. The Balaban J connectivity index is 1.93. The normalized spacial score (nSPS) is 18.5. The molecule has 0 atom stereocenters. The van der Waals surface area contributed by atoms with Crippen LogP contribution in [0.3, 0.4) is 0 Å². The molecule has 17 heavy (non-hydrogen) atoms. The van der Waals surface area contributed by atoms with Crippen molar-refractivity contribution < 1.29 is 0 Å². The number of hydrogen-bond donors (Lipinski definition) is 1. The zero-order valence-electron chi connectivity index (χ0n) is 10.5. The number of piperidine rings is 1. The quantitative estimate of drug-likeness (QED) is 0.929. The van der Waals surface area contributed by atoms with Gasteiger partial charge >= 0.3 is 0 Å². The molecule has 2 rings (SSSR count). The molecule has 0 radical (unpaired) electrons. The Morgan fingerprint density at radius 1 is 1.29 bits per heavy atom. The van der Waals surface area contributed by atoms with Crippen molar-refractivity contribution in [3.05, 3.63) is 33.8 Å². The van der Waals surface area contributed by atoms with Crippen LogP contribution in [0.2, 0.25) is 0 Å². The molecule has 0 amide bonds. The second kappa shape index (κ2) is 5.98. The van der Waals surface area contributed by atoms with E-state index in [9.17, 15) is 0 Å². The van der Waals surface area contributed by atoms with Crippen LogP contribution in [0.5, 0.6) is 0 Å². The van der Waals surface area contributed by atoms with Crippen LogP contribution in [0, 0.1) is 12.8 Å². The topological polar surface area (TPSA) is 29.3 Å². The number of halogens is 1. The molecule has 0 saturated carbocycles. The van der Waals surface area contributed by atoms with E-state index in [1.54, 1.807) is 0 Å². The molecule has 0 aromatic heterocycles. The summed E-state index contributed by atoms with van der Waals surface area (Å²) < 4.78 is 1.18. The maximum Gasteiger partial charge on any atom is 0.0234 e. The highest BCUT2D eigenvalue weighted by molar-refractivity contribution is 9.10. The van der Waals surface area contributed by atoms with Crippen molar-refractivity contribution in [3.8, 4) is 0 Å². The van der Waals surface area contributed by atoms with Gasteiger partial charge in [-0.25, -0.2) is 0 Å². The maximum atomic E-state index is 5.72. The second-order valence-electron chi connectivity index (χ2n) is 5.09. The van der Waals surface area contributed by atoms with Crippen LogP contribution in [-0.2, 0) is 6.54 Å². The number of nitrogens with two attached hydrogens (primary N) is 1. The summed E-state index contributed by atoms with van der Waals surface area (Å²) in [5, 5.41) is 0. The Morgan fingerprint density at radius 3 is 2.59 bits per heavy atom. The zero-order chi connectivity index (χ0) is 12.3. The summed E-state index contributed by atoms with van der Waals surface area (Å²) in [6.45, 7) is 6.44. The highest BCUT2D eigenvalue weighted by Gasteiger charge is 2.17. The Labute approximate surface area is 112 Å². The molecule has 94 valence electrons. The maximum absolute atomic E-state index is 5.72. The van der Waals surface area contributed by atoms with E-state index in [0.717, 1.165) is 19.0 Å². The summed E-state index contributed by atoms with van der Waals surface area (Å²) in [6.07, 6.45) is 2.51. The molecule has 2 nitrogen and oxygen atoms in total. The predicted molar refractivity (Wildman–Crippen MR) is 75.9 cm³/mol. The van der Waals surface area contributed by atoms with Gasteiger partial charge in [0.25, 0.3) is 0 Å². The van der Waals surface area contributed by atoms with Crippen molar-refractivity contribution in [2.24, 2.45) is 11.7 Å². The number of aryl methyl sites for hydroxylation is 1. The van der Waals surface area contributed by atoms with Crippen LogP contribution in [-0.4, -0.2) is 24.5 Å². The lowest BCUT2D eigenvalue weighted by molar-refractivity contribution is 0.180. The van der Waals surface area contributed by atoms with Gasteiger partial charge in [0, 0.05) is 11.0 Å². The second-order valence-corrected chi connectivity index (χ2v) is 6.01. The molecule has 0 spiro atoms. The van der Waals surface area contributed by atoms with E-state index in [1.165, 1.54) is 41.5 Å². The summed E-state index contributed by atoms with van der Waals surface area (Å²) in [5.74, 6) is 0.746. The molecule has 1 aromatic rings. The molecule has 1 saturated heterocycles. The van der Waals surface area contributed by atoms with Gasteiger partial charge in [-0.1, -0.05) is 22.0 Å². The van der Waals surface area contributed by atoms with Crippen molar-refractivity contribution in [2.45, 2.75) is 26.3 Å². The van der Waals surface area contributed by atoms with E-state index < -0.39 is 0 Å². The van der Waals surface area contributed by atoms with Gasteiger partial charge < -0.3 is 5.73 Å².